The maximum Gasteiger partial charge on any atom is 0.326 e. The van der Waals surface area contributed by atoms with Crippen molar-refractivity contribution >= 4 is 27.8 Å². The molecule has 0 fully saturated rings. The van der Waals surface area contributed by atoms with Gasteiger partial charge < -0.3 is 15.4 Å². The fourth-order valence-electron chi connectivity index (χ4n) is 1.74. The number of carbonyl (C=O) groups is 2. The van der Waals surface area contributed by atoms with Gasteiger partial charge in [-0.1, -0.05) is 15.9 Å². The molecule has 8 heteroatoms. The molecule has 1 atom stereocenters. The van der Waals surface area contributed by atoms with Crippen LogP contribution in [0.4, 0.5) is 4.39 Å². The number of benzene rings is 1. The summed E-state index contributed by atoms with van der Waals surface area (Å²) in [7, 11) is 0. The van der Waals surface area contributed by atoms with Crippen molar-refractivity contribution in [3.63, 3.8) is 0 Å². The zero-order valence-electron chi connectivity index (χ0n) is 10.6. The van der Waals surface area contributed by atoms with Crippen molar-refractivity contribution in [3.05, 3.63) is 52.3 Å². The number of halogens is 2. The van der Waals surface area contributed by atoms with Gasteiger partial charge >= 0.3 is 5.97 Å². The van der Waals surface area contributed by atoms with E-state index in [2.05, 4.69) is 31.2 Å². The molecule has 0 unspecified atom stereocenters. The van der Waals surface area contributed by atoms with Gasteiger partial charge in [-0.15, -0.1) is 0 Å². The van der Waals surface area contributed by atoms with E-state index in [0.717, 1.165) is 6.07 Å². The van der Waals surface area contributed by atoms with Crippen LogP contribution in [0.5, 0.6) is 0 Å². The second-order valence-electron chi connectivity index (χ2n) is 4.30. The molecule has 1 aromatic heterocycles. The molecule has 0 bridgehead atoms. The molecule has 0 aliphatic rings. The van der Waals surface area contributed by atoms with Gasteiger partial charge in [0.1, 0.15) is 11.9 Å². The van der Waals surface area contributed by atoms with Crippen LogP contribution in [-0.2, 0) is 11.2 Å². The Hall–Kier alpha value is -2.22. The van der Waals surface area contributed by atoms with Gasteiger partial charge in [-0.3, -0.25) is 4.79 Å². The lowest BCUT2D eigenvalue weighted by Crippen LogP contribution is -2.42. The van der Waals surface area contributed by atoms with Crippen LogP contribution in [0, 0.1) is 5.82 Å². The first-order chi connectivity index (χ1) is 9.95. The van der Waals surface area contributed by atoms with E-state index in [1.165, 1.54) is 24.7 Å². The predicted molar refractivity (Wildman–Crippen MR) is 75.3 cm³/mol. The number of aromatic nitrogens is 2. The van der Waals surface area contributed by atoms with Crippen molar-refractivity contribution in [1.29, 1.82) is 0 Å². The minimum atomic E-state index is -1.19. The van der Waals surface area contributed by atoms with Gasteiger partial charge in [0.2, 0.25) is 0 Å². The second kappa shape index (κ2) is 6.49. The number of nitrogens with one attached hydrogen (secondary N) is 2. The van der Waals surface area contributed by atoms with Crippen molar-refractivity contribution in [2.45, 2.75) is 12.5 Å². The van der Waals surface area contributed by atoms with Gasteiger partial charge in [0, 0.05) is 28.3 Å². The fourth-order valence-corrected chi connectivity index (χ4v) is 2.21. The maximum absolute atomic E-state index is 13.2. The second-order valence-corrected chi connectivity index (χ2v) is 5.22. The SMILES string of the molecule is O=C(N[C@H](Cc1cnc[nH]1)C(=O)O)c1cc(F)cc(Br)c1. The number of carboxylic acids is 1. The first kappa shape index (κ1) is 15.2. The highest BCUT2D eigenvalue weighted by atomic mass is 79.9. The van der Waals surface area contributed by atoms with Crippen LogP contribution in [-0.4, -0.2) is 33.0 Å². The van der Waals surface area contributed by atoms with E-state index in [4.69, 9.17) is 5.11 Å². The van der Waals surface area contributed by atoms with Crippen LogP contribution in [0.3, 0.4) is 0 Å². The largest absolute Gasteiger partial charge is 0.480 e. The summed E-state index contributed by atoms with van der Waals surface area (Å²) in [5.41, 5.74) is 0.612. The molecular formula is C13H11BrFN3O3. The number of H-pyrrole nitrogens is 1. The van der Waals surface area contributed by atoms with E-state index >= 15 is 0 Å². The standard InChI is InChI=1S/C13H11BrFN3O3/c14-8-1-7(2-9(15)3-8)12(19)18-11(13(20)21)4-10-5-16-6-17-10/h1-3,5-6,11H,4H2,(H,16,17)(H,18,19)(H,20,21)/t11-/m1/s1. The van der Waals surface area contributed by atoms with Gasteiger partial charge in [-0.25, -0.2) is 14.2 Å². The molecule has 0 saturated heterocycles. The molecule has 1 aromatic carbocycles. The minimum Gasteiger partial charge on any atom is -0.480 e. The Morgan fingerprint density at radius 2 is 2.19 bits per heavy atom. The Labute approximate surface area is 127 Å². The molecule has 3 N–H and O–H groups in total. The normalized spacial score (nSPS) is 11.9. The maximum atomic E-state index is 13.2. The van der Waals surface area contributed by atoms with Gasteiger partial charge in [0.25, 0.3) is 5.91 Å². The third kappa shape index (κ3) is 4.12. The molecule has 0 spiro atoms. The van der Waals surface area contributed by atoms with Crippen LogP contribution < -0.4 is 5.32 Å². The van der Waals surface area contributed by atoms with Gasteiger partial charge in [-0.2, -0.15) is 0 Å². The Bertz CT molecular complexity index is 640. The molecule has 0 saturated carbocycles. The zero-order chi connectivity index (χ0) is 15.4. The van der Waals surface area contributed by atoms with E-state index in [1.807, 2.05) is 0 Å². The van der Waals surface area contributed by atoms with Crippen molar-refractivity contribution in [2.75, 3.05) is 0 Å². The summed E-state index contributed by atoms with van der Waals surface area (Å²) in [5, 5.41) is 11.5. The van der Waals surface area contributed by atoms with Crippen LogP contribution in [0.1, 0.15) is 16.1 Å². The quantitative estimate of drug-likeness (QED) is 0.761. The first-order valence-corrected chi connectivity index (χ1v) is 6.72. The number of carbonyl (C=O) groups excluding carboxylic acids is 1. The molecule has 6 nitrogen and oxygen atoms in total. The number of carboxylic acid groups (broad SMARTS) is 1. The molecule has 0 radical (unpaired) electrons. The molecule has 1 heterocycles. The average molecular weight is 356 g/mol. The summed E-state index contributed by atoms with van der Waals surface area (Å²) < 4.78 is 13.6. The Kier molecular flexibility index (Phi) is 4.69. The lowest BCUT2D eigenvalue weighted by Gasteiger charge is -2.14. The molecule has 1 amide bonds. The van der Waals surface area contributed by atoms with E-state index in [-0.39, 0.29) is 12.0 Å². The fraction of sp³-hybridized carbons (Fsp3) is 0.154. The number of nitrogens with zero attached hydrogens (tertiary/aromatic N) is 1. The van der Waals surface area contributed by atoms with E-state index in [9.17, 15) is 14.0 Å². The van der Waals surface area contributed by atoms with E-state index < -0.39 is 23.7 Å². The molecule has 0 aliphatic carbocycles. The molecule has 110 valence electrons. The third-order valence-corrected chi connectivity index (χ3v) is 3.16. The average Bonchev–Trinajstić information content (AvgIpc) is 2.89. The smallest absolute Gasteiger partial charge is 0.326 e. The zero-order valence-corrected chi connectivity index (χ0v) is 12.2. The van der Waals surface area contributed by atoms with Gasteiger partial charge in [0.15, 0.2) is 0 Å². The molecule has 0 aliphatic heterocycles. The summed E-state index contributed by atoms with van der Waals surface area (Å²) in [6.45, 7) is 0. The Morgan fingerprint density at radius 3 is 2.76 bits per heavy atom. The van der Waals surface area contributed by atoms with Crippen LogP contribution >= 0.6 is 15.9 Å². The molecule has 2 rings (SSSR count). The van der Waals surface area contributed by atoms with Crippen LogP contribution in [0.25, 0.3) is 0 Å². The molecular weight excluding hydrogens is 345 g/mol. The summed E-state index contributed by atoms with van der Waals surface area (Å²) in [5.74, 6) is -2.44. The van der Waals surface area contributed by atoms with E-state index in [0.29, 0.717) is 10.2 Å². The number of hydrogen-bond donors (Lipinski definition) is 3. The number of hydrogen-bond acceptors (Lipinski definition) is 3. The highest BCUT2D eigenvalue weighted by Crippen LogP contribution is 2.15. The van der Waals surface area contributed by atoms with Crippen LogP contribution in [0.2, 0.25) is 0 Å². The summed E-state index contributed by atoms with van der Waals surface area (Å²) in [4.78, 5) is 29.7. The lowest BCUT2D eigenvalue weighted by atomic mass is 10.1. The molecule has 2 aromatic rings. The Morgan fingerprint density at radius 1 is 1.43 bits per heavy atom. The van der Waals surface area contributed by atoms with Crippen LogP contribution in [0.15, 0.2) is 35.2 Å². The summed E-state index contributed by atoms with van der Waals surface area (Å²) in [6, 6.07) is 2.51. The summed E-state index contributed by atoms with van der Waals surface area (Å²) >= 11 is 3.08. The topological polar surface area (TPSA) is 95.1 Å². The van der Waals surface area contributed by atoms with Crippen molar-refractivity contribution in [3.8, 4) is 0 Å². The number of amides is 1. The van der Waals surface area contributed by atoms with Gasteiger partial charge in [0.05, 0.1) is 6.33 Å². The molecule has 21 heavy (non-hydrogen) atoms. The number of aromatic amines is 1. The first-order valence-electron chi connectivity index (χ1n) is 5.92. The van der Waals surface area contributed by atoms with Gasteiger partial charge in [-0.05, 0) is 18.2 Å². The number of rotatable bonds is 5. The highest BCUT2D eigenvalue weighted by Gasteiger charge is 2.22. The summed E-state index contributed by atoms with van der Waals surface area (Å²) in [6.07, 6.45) is 2.94. The van der Waals surface area contributed by atoms with Crippen molar-refractivity contribution in [2.24, 2.45) is 0 Å². The number of aliphatic carboxylic acids is 1. The predicted octanol–water partition coefficient (Wildman–Crippen LogP) is 1.74. The minimum absolute atomic E-state index is 0.0396. The third-order valence-electron chi connectivity index (χ3n) is 2.71. The Balaban J connectivity index is 2.12. The lowest BCUT2D eigenvalue weighted by molar-refractivity contribution is -0.139. The van der Waals surface area contributed by atoms with Crippen molar-refractivity contribution in [1.82, 2.24) is 15.3 Å². The monoisotopic (exact) mass is 355 g/mol. The highest BCUT2D eigenvalue weighted by molar-refractivity contribution is 9.10. The van der Waals surface area contributed by atoms with E-state index in [1.54, 1.807) is 0 Å². The van der Waals surface area contributed by atoms with Crippen molar-refractivity contribution < 1.29 is 19.1 Å². The number of imidazole rings is 1.